The lowest BCUT2D eigenvalue weighted by Crippen LogP contribution is -2.40. The molecule has 2 aliphatic heterocycles. The number of nitrogens with zero attached hydrogens (tertiary/aromatic N) is 2. The minimum atomic E-state index is 0.123. The smallest absolute Gasteiger partial charge is 0.317 e. The molecule has 1 atom stereocenters. The molecule has 4 heteroatoms. The summed E-state index contributed by atoms with van der Waals surface area (Å²) < 4.78 is 0. The van der Waals surface area contributed by atoms with E-state index in [-0.39, 0.29) is 6.03 Å². The van der Waals surface area contributed by atoms with E-state index in [4.69, 9.17) is 0 Å². The molecular weight excluding hydrogens is 178 g/mol. The van der Waals surface area contributed by atoms with E-state index >= 15 is 0 Å². The third-order valence-corrected chi connectivity index (χ3v) is 3.15. The van der Waals surface area contributed by atoms with Crippen LogP contribution < -0.4 is 5.32 Å². The maximum absolute atomic E-state index is 11.3. The minimum Gasteiger partial charge on any atom is -0.336 e. The van der Waals surface area contributed by atoms with E-state index < -0.39 is 0 Å². The topological polar surface area (TPSA) is 35.6 Å². The SMILES string of the molecule is CN1CCCC(CN2CCNC2=O)C1. The maximum atomic E-state index is 11.3. The van der Waals surface area contributed by atoms with Crippen molar-refractivity contribution in [2.75, 3.05) is 39.8 Å². The van der Waals surface area contributed by atoms with Crippen LogP contribution in [0.25, 0.3) is 0 Å². The van der Waals surface area contributed by atoms with Gasteiger partial charge in [0.2, 0.25) is 0 Å². The molecule has 0 radical (unpaired) electrons. The molecule has 0 aromatic rings. The molecule has 2 amide bonds. The van der Waals surface area contributed by atoms with Crippen molar-refractivity contribution in [2.45, 2.75) is 12.8 Å². The van der Waals surface area contributed by atoms with E-state index in [0.29, 0.717) is 5.92 Å². The lowest BCUT2D eigenvalue weighted by Gasteiger charge is -2.31. The van der Waals surface area contributed by atoms with Crippen LogP contribution in [0.3, 0.4) is 0 Å². The van der Waals surface area contributed by atoms with Gasteiger partial charge in [0.1, 0.15) is 0 Å². The monoisotopic (exact) mass is 197 g/mol. The molecule has 2 fully saturated rings. The summed E-state index contributed by atoms with van der Waals surface area (Å²) in [6, 6.07) is 0.123. The summed E-state index contributed by atoms with van der Waals surface area (Å²) in [6.45, 7) is 5.00. The number of hydrogen-bond donors (Lipinski definition) is 1. The molecule has 2 rings (SSSR count). The molecule has 0 aliphatic carbocycles. The van der Waals surface area contributed by atoms with Crippen LogP contribution in [0, 0.1) is 5.92 Å². The third-order valence-electron chi connectivity index (χ3n) is 3.15. The highest BCUT2D eigenvalue weighted by Gasteiger charge is 2.25. The first-order valence-corrected chi connectivity index (χ1v) is 5.47. The lowest BCUT2D eigenvalue weighted by atomic mass is 9.98. The number of rotatable bonds is 2. The summed E-state index contributed by atoms with van der Waals surface area (Å²) in [7, 11) is 2.16. The Morgan fingerprint density at radius 2 is 2.36 bits per heavy atom. The van der Waals surface area contributed by atoms with E-state index in [1.165, 1.54) is 19.4 Å². The van der Waals surface area contributed by atoms with Gasteiger partial charge in [-0.25, -0.2) is 4.79 Å². The highest BCUT2D eigenvalue weighted by atomic mass is 16.2. The standard InChI is InChI=1S/C10H19N3O/c1-12-5-2-3-9(7-12)8-13-6-4-11-10(13)14/h9H,2-8H2,1H3,(H,11,14). The fraction of sp³-hybridized carbons (Fsp3) is 0.900. The highest BCUT2D eigenvalue weighted by molar-refractivity contribution is 5.76. The van der Waals surface area contributed by atoms with Crippen molar-refractivity contribution in [3.05, 3.63) is 0 Å². The Hall–Kier alpha value is -0.770. The molecule has 2 aliphatic rings. The van der Waals surface area contributed by atoms with Crippen molar-refractivity contribution >= 4 is 6.03 Å². The zero-order valence-electron chi connectivity index (χ0n) is 8.83. The predicted octanol–water partition coefficient (Wildman–Crippen LogP) is 0.353. The molecule has 2 heterocycles. The van der Waals surface area contributed by atoms with Crippen molar-refractivity contribution < 1.29 is 4.79 Å². The summed E-state index contributed by atoms with van der Waals surface area (Å²) in [5.41, 5.74) is 0. The third kappa shape index (κ3) is 2.18. The van der Waals surface area contributed by atoms with Gasteiger partial charge in [-0.3, -0.25) is 0 Å². The quantitative estimate of drug-likeness (QED) is 0.693. The van der Waals surface area contributed by atoms with Crippen LogP contribution in [0.1, 0.15) is 12.8 Å². The molecule has 80 valence electrons. The molecule has 1 N–H and O–H groups in total. The number of likely N-dealkylation sites (tertiary alicyclic amines) is 1. The Labute approximate surface area is 85.2 Å². The summed E-state index contributed by atoms with van der Waals surface area (Å²) in [4.78, 5) is 15.6. The Kier molecular flexibility index (Phi) is 2.91. The molecule has 0 bridgehead atoms. The molecule has 14 heavy (non-hydrogen) atoms. The Morgan fingerprint density at radius 3 is 3.00 bits per heavy atom. The highest BCUT2D eigenvalue weighted by Crippen LogP contribution is 2.16. The fourth-order valence-corrected chi connectivity index (χ4v) is 2.42. The number of hydrogen-bond acceptors (Lipinski definition) is 2. The van der Waals surface area contributed by atoms with Gasteiger partial charge in [0.15, 0.2) is 0 Å². The second kappa shape index (κ2) is 4.17. The largest absolute Gasteiger partial charge is 0.336 e. The van der Waals surface area contributed by atoms with Gasteiger partial charge < -0.3 is 15.1 Å². The number of amides is 2. The molecular formula is C10H19N3O. The first kappa shape index (κ1) is 9.77. The molecule has 0 aromatic heterocycles. The van der Waals surface area contributed by atoms with Gasteiger partial charge in [-0.05, 0) is 32.4 Å². The average molecular weight is 197 g/mol. The Morgan fingerprint density at radius 1 is 1.50 bits per heavy atom. The number of piperidine rings is 1. The van der Waals surface area contributed by atoms with Gasteiger partial charge in [-0.2, -0.15) is 0 Å². The van der Waals surface area contributed by atoms with Crippen molar-refractivity contribution in [3.8, 4) is 0 Å². The molecule has 0 aromatic carbocycles. The number of urea groups is 1. The first-order chi connectivity index (χ1) is 6.75. The zero-order valence-corrected chi connectivity index (χ0v) is 8.83. The van der Waals surface area contributed by atoms with E-state index in [0.717, 1.165) is 26.2 Å². The number of carbonyl (C=O) groups excluding carboxylic acids is 1. The van der Waals surface area contributed by atoms with Crippen LogP contribution in [-0.4, -0.2) is 55.6 Å². The Balaban J connectivity index is 1.81. The normalized spacial score (nSPS) is 29.4. The summed E-state index contributed by atoms with van der Waals surface area (Å²) in [6.07, 6.45) is 2.55. The van der Waals surface area contributed by atoms with E-state index in [2.05, 4.69) is 17.3 Å². The van der Waals surface area contributed by atoms with E-state index in [1.807, 2.05) is 4.90 Å². The van der Waals surface area contributed by atoms with Crippen LogP contribution in [0.5, 0.6) is 0 Å². The number of nitrogens with one attached hydrogen (secondary N) is 1. The van der Waals surface area contributed by atoms with Crippen LogP contribution in [0.2, 0.25) is 0 Å². The van der Waals surface area contributed by atoms with Gasteiger partial charge in [-0.15, -0.1) is 0 Å². The predicted molar refractivity (Wildman–Crippen MR) is 55.2 cm³/mol. The Bertz CT molecular complexity index is 219. The van der Waals surface area contributed by atoms with Crippen molar-refractivity contribution in [1.29, 1.82) is 0 Å². The molecule has 4 nitrogen and oxygen atoms in total. The van der Waals surface area contributed by atoms with Crippen molar-refractivity contribution in [2.24, 2.45) is 5.92 Å². The van der Waals surface area contributed by atoms with Gasteiger partial charge in [0.25, 0.3) is 0 Å². The van der Waals surface area contributed by atoms with Gasteiger partial charge in [0.05, 0.1) is 0 Å². The van der Waals surface area contributed by atoms with Crippen molar-refractivity contribution in [1.82, 2.24) is 15.1 Å². The van der Waals surface area contributed by atoms with E-state index in [1.54, 1.807) is 0 Å². The van der Waals surface area contributed by atoms with Gasteiger partial charge in [-0.1, -0.05) is 0 Å². The zero-order chi connectivity index (χ0) is 9.97. The maximum Gasteiger partial charge on any atom is 0.317 e. The molecule has 2 saturated heterocycles. The first-order valence-electron chi connectivity index (χ1n) is 5.47. The molecule has 0 saturated carbocycles. The number of carbonyl (C=O) groups is 1. The van der Waals surface area contributed by atoms with Crippen molar-refractivity contribution in [3.63, 3.8) is 0 Å². The lowest BCUT2D eigenvalue weighted by molar-refractivity contribution is 0.166. The summed E-state index contributed by atoms with van der Waals surface area (Å²) in [5, 5.41) is 2.84. The van der Waals surface area contributed by atoms with Crippen LogP contribution in [-0.2, 0) is 0 Å². The summed E-state index contributed by atoms with van der Waals surface area (Å²) >= 11 is 0. The fourth-order valence-electron chi connectivity index (χ4n) is 2.42. The molecule has 1 unspecified atom stereocenters. The van der Waals surface area contributed by atoms with Gasteiger partial charge >= 0.3 is 6.03 Å². The van der Waals surface area contributed by atoms with Crippen LogP contribution in [0.4, 0.5) is 4.79 Å². The van der Waals surface area contributed by atoms with Crippen LogP contribution >= 0.6 is 0 Å². The molecule has 0 spiro atoms. The van der Waals surface area contributed by atoms with Gasteiger partial charge in [0, 0.05) is 26.2 Å². The van der Waals surface area contributed by atoms with E-state index in [9.17, 15) is 4.79 Å². The summed E-state index contributed by atoms with van der Waals surface area (Å²) in [5.74, 6) is 0.678. The average Bonchev–Trinajstić information content (AvgIpc) is 2.52. The second-order valence-electron chi connectivity index (χ2n) is 4.45. The minimum absolute atomic E-state index is 0.123. The second-order valence-corrected chi connectivity index (χ2v) is 4.45. The van der Waals surface area contributed by atoms with Crippen LogP contribution in [0.15, 0.2) is 0 Å².